The Morgan fingerprint density at radius 1 is 0.931 bits per heavy atom. The minimum Gasteiger partial charge on any atom is -0.394 e. The highest BCUT2D eigenvalue weighted by Gasteiger charge is 2.52. The zero-order valence-corrected chi connectivity index (χ0v) is 18.1. The van der Waals surface area contributed by atoms with Crippen LogP contribution < -0.4 is 5.73 Å². The van der Waals surface area contributed by atoms with E-state index in [-0.39, 0.29) is 13.0 Å². The molecule has 0 saturated heterocycles. The monoisotopic (exact) mass is 421 g/mol. The zero-order chi connectivity index (χ0) is 22.3. The third-order valence-corrected chi connectivity index (χ3v) is 5.43. The van der Waals surface area contributed by atoms with Gasteiger partial charge in [-0.3, -0.25) is 4.79 Å². The van der Waals surface area contributed by atoms with E-state index >= 15 is 0 Å². The van der Waals surface area contributed by atoms with E-state index < -0.39 is 42.5 Å². The van der Waals surface area contributed by atoms with Gasteiger partial charge in [-0.2, -0.15) is 0 Å². The summed E-state index contributed by atoms with van der Waals surface area (Å²) >= 11 is 0. The molecule has 5 atom stereocenters. The predicted molar refractivity (Wildman–Crippen MR) is 111 cm³/mol. The second-order valence-corrected chi connectivity index (χ2v) is 7.82. The Kier molecular flexibility index (Phi) is 15.6. The van der Waals surface area contributed by atoms with Crippen LogP contribution >= 0.6 is 0 Å². The van der Waals surface area contributed by atoms with Gasteiger partial charge in [-0.25, -0.2) is 0 Å². The molecule has 0 bridgehead atoms. The Hall–Kier alpha value is -0.770. The first-order valence-electron chi connectivity index (χ1n) is 11.1. The fourth-order valence-corrected chi connectivity index (χ4v) is 3.44. The number of carbonyl (C=O) groups excluding carboxylic acids is 1. The number of ether oxygens (including phenoxy) is 1. The molecule has 0 spiro atoms. The number of amides is 1. The highest BCUT2D eigenvalue weighted by Crippen LogP contribution is 2.25. The van der Waals surface area contributed by atoms with Crippen LogP contribution in [0.3, 0.4) is 0 Å². The lowest BCUT2D eigenvalue weighted by Gasteiger charge is -2.39. The number of primary amides is 1. The minimum absolute atomic E-state index is 0.163. The van der Waals surface area contributed by atoms with Crippen molar-refractivity contribution in [3.8, 4) is 0 Å². The predicted octanol–water partition coefficient (Wildman–Crippen LogP) is 0.994. The molecule has 174 valence electrons. The lowest BCUT2D eigenvalue weighted by atomic mass is 9.83. The first-order valence-corrected chi connectivity index (χ1v) is 11.1. The Morgan fingerprint density at radius 2 is 1.41 bits per heavy atom. The van der Waals surface area contributed by atoms with Crippen LogP contribution in [0.4, 0.5) is 0 Å². The highest BCUT2D eigenvalue weighted by atomic mass is 16.5. The summed E-state index contributed by atoms with van der Waals surface area (Å²) in [6.07, 6.45) is 4.82. The third kappa shape index (κ3) is 9.72. The van der Waals surface area contributed by atoms with E-state index in [1.165, 1.54) is 44.9 Å². The maximum Gasteiger partial charge on any atom is 0.255 e. The summed E-state index contributed by atoms with van der Waals surface area (Å²) in [7, 11) is 0. The molecule has 0 radical (unpaired) electrons. The van der Waals surface area contributed by atoms with E-state index in [9.17, 15) is 25.2 Å². The number of aliphatic hydroxyl groups is 5. The molecule has 1 amide bonds. The molecular weight excluding hydrogens is 378 g/mol. The van der Waals surface area contributed by atoms with Crippen LogP contribution in [0.25, 0.3) is 0 Å². The summed E-state index contributed by atoms with van der Waals surface area (Å²) in [5.41, 5.74) is 2.69. The van der Waals surface area contributed by atoms with E-state index in [1.807, 2.05) is 0 Å². The largest absolute Gasteiger partial charge is 0.394 e. The van der Waals surface area contributed by atoms with Gasteiger partial charge in [0.1, 0.15) is 18.3 Å². The quantitative estimate of drug-likeness (QED) is 0.170. The normalized spacial score (nSPS) is 18.0. The molecule has 0 aliphatic rings. The number of carbonyl (C=O) groups is 1. The number of unbranched alkanes of at least 4 members (excludes halogenated alkanes) is 9. The molecule has 7 N–H and O–H groups in total. The molecular formula is C21H43NO7. The molecule has 0 aliphatic carbocycles. The molecule has 0 fully saturated rings. The van der Waals surface area contributed by atoms with Crippen molar-refractivity contribution in [1.29, 1.82) is 0 Å². The van der Waals surface area contributed by atoms with E-state index in [4.69, 9.17) is 15.6 Å². The van der Waals surface area contributed by atoms with Crippen molar-refractivity contribution in [2.24, 2.45) is 5.73 Å². The molecule has 0 aliphatic heterocycles. The second kappa shape index (κ2) is 16.0. The topological polar surface area (TPSA) is 153 Å². The van der Waals surface area contributed by atoms with Crippen molar-refractivity contribution < 1.29 is 35.1 Å². The van der Waals surface area contributed by atoms with Crippen molar-refractivity contribution in [3.05, 3.63) is 0 Å². The van der Waals surface area contributed by atoms with Gasteiger partial charge >= 0.3 is 0 Å². The van der Waals surface area contributed by atoms with Gasteiger partial charge in [-0.05, 0) is 12.8 Å². The van der Waals surface area contributed by atoms with Crippen molar-refractivity contribution in [1.82, 2.24) is 0 Å². The van der Waals surface area contributed by atoms with Crippen LogP contribution in [0, 0.1) is 0 Å². The lowest BCUT2D eigenvalue weighted by Crippen LogP contribution is -2.66. The Bertz CT molecular complexity index is 424. The maximum absolute atomic E-state index is 11.9. The zero-order valence-electron chi connectivity index (χ0n) is 18.1. The molecule has 8 heteroatoms. The van der Waals surface area contributed by atoms with Crippen molar-refractivity contribution >= 4 is 5.91 Å². The van der Waals surface area contributed by atoms with E-state index in [0.29, 0.717) is 0 Å². The van der Waals surface area contributed by atoms with Crippen LogP contribution in [-0.2, 0) is 9.53 Å². The molecule has 29 heavy (non-hydrogen) atoms. The smallest absolute Gasteiger partial charge is 0.255 e. The Balaban J connectivity index is 4.39. The van der Waals surface area contributed by atoms with Gasteiger partial charge < -0.3 is 36.0 Å². The summed E-state index contributed by atoms with van der Waals surface area (Å²) in [6.45, 7) is 3.29. The molecule has 0 saturated carbocycles. The molecule has 0 rings (SSSR count). The fraction of sp³-hybridized carbons (Fsp3) is 0.952. The van der Waals surface area contributed by atoms with Gasteiger partial charge in [0.05, 0.1) is 12.7 Å². The number of aliphatic hydroxyl groups excluding tert-OH is 4. The maximum atomic E-state index is 11.9. The number of hydrogen-bond acceptors (Lipinski definition) is 7. The van der Waals surface area contributed by atoms with Gasteiger partial charge in [0, 0.05) is 6.61 Å². The standard InChI is InChI=1S/C21H43NO7/c1-3-5-6-7-8-9-10-11-12-13-14-29-17(4-2)21(28,20(22)27)19(26)18(25)16(24)15-23/h16-19,23-26,28H,3-15H2,1-2H3,(H2,22,27). The highest BCUT2D eigenvalue weighted by molar-refractivity contribution is 5.85. The van der Waals surface area contributed by atoms with Crippen LogP contribution in [0.15, 0.2) is 0 Å². The molecule has 0 aromatic rings. The summed E-state index contributed by atoms with van der Waals surface area (Å²) in [5, 5.41) is 49.2. The minimum atomic E-state index is -2.58. The van der Waals surface area contributed by atoms with Gasteiger partial charge in [-0.15, -0.1) is 0 Å². The molecule has 5 unspecified atom stereocenters. The first-order chi connectivity index (χ1) is 13.8. The fourth-order valence-electron chi connectivity index (χ4n) is 3.44. The third-order valence-electron chi connectivity index (χ3n) is 5.43. The Labute approximate surface area is 175 Å². The van der Waals surface area contributed by atoms with Gasteiger partial charge in [0.25, 0.3) is 5.91 Å². The van der Waals surface area contributed by atoms with Gasteiger partial charge in [0.15, 0.2) is 5.60 Å². The van der Waals surface area contributed by atoms with Gasteiger partial charge in [-0.1, -0.05) is 71.6 Å². The molecule has 0 aromatic heterocycles. The van der Waals surface area contributed by atoms with E-state index in [0.717, 1.165) is 19.3 Å². The average Bonchev–Trinajstić information content (AvgIpc) is 2.72. The summed E-state index contributed by atoms with van der Waals surface area (Å²) < 4.78 is 5.61. The molecule has 0 aromatic carbocycles. The van der Waals surface area contributed by atoms with Crippen LogP contribution in [-0.4, -0.2) is 74.7 Å². The van der Waals surface area contributed by atoms with Crippen LogP contribution in [0.1, 0.15) is 84.5 Å². The SMILES string of the molecule is CCCCCCCCCCCCOC(CC)C(O)(C(N)=O)C(O)C(O)C(O)CO. The molecule has 0 heterocycles. The van der Waals surface area contributed by atoms with E-state index in [2.05, 4.69) is 6.92 Å². The Morgan fingerprint density at radius 3 is 1.83 bits per heavy atom. The number of rotatable bonds is 19. The van der Waals surface area contributed by atoms with Crippen molar-refractivity contribution in [2.75, 3.05) is 13.2 Å². The average molecular weight is 422 g/mol. The van der Waals surface area contributed by atoms with Crippen molar-refractivity contribution in [2.45, 2.75) is 114 Å². The summed E-state index contributed by atoms with van der Waals surface area (Å²) in [4.78, 5) is 11.9. The summed E-state index contributed by atoms with van der Waals surface area (Å²) in [5.74, 6) is -1.26. The van der Waals surface area contributed by atoms with Crippen LogP contribution in [0.2, 0.25) is 0 Å². The van der Waals surface area contributed by atoms with Gasteiger partial charge in [0.2, 0.25) is 0 Å². The number of nitrogens with two attached hydrogens (primary N) is 1. The first kappa shape index (κ1) is 28.2. The second-order valence-electron chi connectivity index (χ2n) is 7.82. The van der Waals surface area contributed by atoms with Crippen molar-refractivity contribution in [3.63, 3.8) is 0 Å². The number of hydrogen-bond donors (Lipinski definition) is 6. The van der Waals surface area contributed by atoms with Crippen LogP contribution in [0.5, 0.6) is 0 Å². The summed E-state index contributed by atoms with van der Waals surface area (Å²) in [6, 6.07) is 0. The lowest BCUT2D eigenvalue weighted by molar-refractivity contribution is -0.207. The molecule has 8 nitrogen and oxygen atoms in total. The van der Waals surface area contributed by atoms with E-state index in [1.54, 1.807) is 6.92 Å².